The maximum atomic E-state index is 8.90. The number of rotatable bonds is 6. The highest BCUT2D eigenvalue weighted by Gasteiger charge is 2.20. The van der Waals surface area contributed by atoms with Crippen LogP contribution >= 0.6 is 0 Å². The average Bonchev–Trinajstić information content (AvgIpc) is 2.46. The Kier molecular flexibility index (Phi) is 5.71. The fourth-order valence-corrected chi connectivity index (χ4v) is 3.13. The molecule has 0 bridgehead atoms. The van der Waals surface area contributed by atoms with Crippen molar-refractivity contribution in [2.45, 2.75) is 57.9 Å². The summed E-state index contributed by atoms with van der Waals surface area (Å²) in [5.41, 5.74) is 2.57. The van der Waals surface area contributed by atoms with Gasteiger partial charge in [0.25, 0.3) is 0 Å². The summed E-state index contributed by atoms with van der Waals surface area (Å²) >= 11 is 0. The molecule has 0 aromatic heterocycles. The lowest BCUT2D eigenvalue weighted by Crippen LogP contribution is -2.27. The molecule has 1 aromatic carbocycles. The first-order valence-corrected chi connectivity index (χ1v) is 7.78. The number of benzene rings is 1. The number of aliphatic hydroxyl groups is 1. The van der Waals surface area contributed by atoms with Gasteiger partial charge in [-0.25, -0.2) is 0 Å². The molecule has 1 aliphatic rings. The minimum Gasteiger partial charge on any atom is -0.396 e. The van der Waals surface area contributed by atoms with Crippen LogP contribution in [0.3, 0.4) is 0 Å². The van der Waals surface area contributed by atoms with Crippen molar-refractivity contribution in [1.29, 1.82) is 0 Å². The predicted octanol–water partition coefficient (Wildman–Crippen LogP) is 3.99. The molecule has 0 aliphatic heterocycles. The highest BCUT2D eigenvalue weighted by atomic mass is 16.2. The second-order valence-electron chi connectivity index (χ2n) is 5.81. The summed E-state index contributed by atoms with van der Waals surface area (Å²) in [4.78, 5) is 0. The second-order valence-corrected chi connectivity index (χ2v) is 5.81. The van der Waals surface area contributed by atoms with Crippen LogP contribution in [0.15, 0.2) is 24.3 Å². The average molecular weight is 261 g/mol. The van der Waals surface area contributed by atoms with E-state index in [9.17, 15) is 0 Å². The third kappa shape index (κ3) is 4.54. The summed E-state index contributed by atoms with van der Waals surface area (Å²) in [5.74, 6) is 0.906. The number of hydrogen-bond acceptors (Lipinski definition) is 2. The minimum atomic E-state index is 0.276. The van der Waals surface area contributed by atoms with E-state index in [1.807, 2.05) is 0 Å². The van der Waals surface area contributed by atoms with Crippen LogP contribution in [0, 0.1) is 5.92 Å². The lowest BCUT2D eigenvalue weighted by atomic mass is 9.84. The fourth-order valence-electron chi connectivity index (χ4n) is 3.13. The predicted molar refractivity (Wildman–Crippen MR) is 81.5 cm³/mol. The number of aliphatic hydroxyl groups excluding tert-OH is 1. The van der Waals surface area contributed by atoms with Crippen molar-refractivity contribution in [2.24, 2.45) is 5.92 Å². The zero-order valence-electron chi connectivity index (χ0n) is 12.1. The molecule has 0 heterocycles. The molecule has 2 N–H and O–H groups in total. The van der Waals surface area contributed by atoms with Crippen molar-refractivity contribution in [3.63, 3.8) is 0 Å². The van der Waals surface area contributed by atoms with Gasteiger partial charge < -0.3 is 10.4 Å². The van der Waals surface area contributed by atoms with Gasteiger partial charge in [-0.2, -0.15) is 0 Å². The van der Waals surface area contributed by atoms with Gasteiger partial charge >= 0.3 is 0 Å². The van der Waals surface area contributed by atoms with E-state index in [2.05, 4.69) is 36.5 Å². The van der Waals surface area contributed by atoms with Gasteiger partial charge in [-0.3, -0.25) is 0 Å². The molecular weight excluding hydrogens is 234 g/mol. The van der Waals surface area contributed by atoms with E-state index in [1.54, 1.807) is 0 Å². The maximum absolute atomic E-state index is 8.90. The van der Waals surface area contributed by atoms with Crippen molar-refractivity contribution in [2.75, 3.05) is 11.9 Å². The van der Waals surface area contributed by atoms with Gasteiger partial charge in [0.05, 0.1) is 0 Å². The topological polar surface area (TPSA) is 32.3 Å². The van der Waals surface area contributed by atoms with Crippen LogP contribution in [0.4, 0.5) is 5.69 Å². The summed E-state index contributed by atoms with van der Waals surface area (Å²) in [6, 6.07) is 9.32. The van der Waals surface area contributed by atoms with Crippen LogP contribution in [0.5, 0.6) is 0 Å². The van der Waals surface area contributed by atoms with Gasteiger partial charge in [-0.1, -0.05) is 38.3 Å². The molecule has 2 atom stereocenters. The lowest BCUT2D eigenvalue weighted by molar-refractivity contribution is 0.288. The zero-order valence-corrected chi connectivity index (χ0v) is 12.1. The fraction of sp³-hybridized carbons (Fsp3) is 0.647. The third-order valence-corrected chi connectivity index (χ3v) is 4.28. The Morgan fingerprint density at radius 3 is 3.00 bits per heavy atom. The quantitative estimate of drug-likeness (QED) is 0.811. The molecule has 0 saturated heterocycles. The molecular formula is C17H27NO. The van der Waals surface area contributed by atoms with Crippen molar-refractivity contribution in [1.82, 2.24) is 0 Å². The minimum absolute atomic E-state index is 0.276. The highest BCUT2D eigenvalue weighted by molar-refractivity contribution is 5.46. The number of hydrogen-bond donors (Lipinski definition) is 2. The van der Waals surface area contributed by atoms with Gasteiger partial charge in [0, 0.05) is 18.3 Å². The monoisotopic (exact) mass is 261 g/mol. The lowest BCUT2D eigenvalue weighted by Gasteiger charge is -2.30. The van der Waals surface area contributed by atoms with Gasteiger partial charge in [0.1, 0.15) is 0 Å². The first-order valence-electron chi connectivity index (χ1n) is 7.78. The molecule has 2 unspecified atom stereocenters. The largest absolute Gasteiger partial charge is 0.396 e. The van der Waals surface area contributed by atoms with Gasteiger partial charge in [0.15, 0.2) is 0 Å². The summed E-state index contributed by atoms with van der Waals surface area (Å²) in [5, 5.41) is 12.6. The molecule has 0 amide bonds. The summed E-state index contributed by atoms with van der Waals surface area (Å²) in [6.45, 7) is 2.58. The molecule has 1 fully saturated rings. The Hall–Kier alpha value is -1.02. The van der Waals surface area contributed by atoms with Gasteiger partial charge in [0.2, 0.25) is 0 Å². The first-order chi connectivity index (χ1) is 9.31. The standard InChI is InChI=1S/C17H27NO/c1-2-14-6-3-9-16(12-14)18-17-10-4-7-15(13-17)8-5-11-19/h4,7,10,13-14,16,18-19H,2-3,5-6,8-9,11-12H2,1H3. The Morgan fingerprint density at radius 1 is 1.32 bits per heavy atom. The van der Waals surface area contributed by atoms with Crippen molar-refractivity contribution < 1.29 is 5.11 Å². The van der Waals surface area contributed by atoms with Crippen LogP contribution in [0.2, 0.25) is 0 Å². The van der Waals surface area contributed by atoms with E-state index < -0.39 is 0 Å². The molecule has 19 heavy (non-hydrogen) atoms. The smallest absolute Gasteiger partial charge is 0.0434 e. The second kappa shape index (κ2) is 7.54. The van der Waals surface area contributed by atoms with Crippen LogP contribution in [0.1, 0.15) is 51.0 Å². The van der Waals surface area contributed by atoms with E-state index >= 15 is 0 Å². The van der Waals surface area contributed by atoms with E-state index in [0.717, 1.165) is 18.8 Å². The van der Waals surface area contributed by atoms with Crippen LogP contribution in [-0.4, -0.2) is 17.8 Å². The molecule has 2 rings (SSSR count). The Bertz CT molecular complexity index is 377. The van der Waals surface area contributed by atoms with Gasteiger partial charge in [-0.05, 0) is 49.3 Å². The van der Waals surface area contributed by atoms with Crippen LogP contribution in [-0.2, 0) is 6.42 Å². The Labute approximate surface area is 117 Å². The maximum Gasteiger partial charge on any atom is 0.0434 e. The Balaban J connectivity index is 1.90. The van der Waals surface area contributed by atoms with Crippen molar-refractivity contribution >= 4 is 5.69 Å². The SMILES string of the molecule is CCC1CCCC(Nc2cccc(CCCO)c2)C1. The van der Waals surface area contributed by atoms with Crippen molar-refractivity contribution in [3.8, 4) is 0 Å². The molecule has 2 heteroatoms. The molecule has 0 spiro atoms. The molecule has 1 aromatic rings. The molecule has 2 nitrogen and oxygen atoms in total. The highest BCUT2D eigenvalue weighted by Crippen LogP contribution is 2.28. The molecule has 1 aliphatic carbocycles. The number of nitrogens with one attached hydrogen (secondary N) is 1. The van der Waals surface area contributed by atoms with E-state index in [0.29, 0.717) is 6.04 Å². The first kappa shape index (κ1) is 14.4. The van der Waals surface area contributed by atoms with E-state index in [4.69, 9.17) is 5.11 Å². The van der Waals surface area contributed by atoms with Gasteiger partial charge in [-0.15, -0.1) is 0 Å². The molecule has 106 valence electrons. The van der Waals surface area contributed by atoms with Crippen LogP contribution in [0.25, 0.3) is 0 Å². The number of aryl methyl sites for hydroxylation is 1. The zero-order chi connectivity index (χ0) is 13.5. The molecule has 1 saturated carbocycles. The van der Waals surface area contributed by atoms with E-state index in [-0.39, 0.29) is 6.61 Å². The number of anilines is 1. The Morgan fingerprint density at radius 2 is 2.21 bits per heavy atom. The summed E-state index contributed by atoms with van der Waals surface area (Å²) in [6.07, 6.45) is 8.52. The van der Waals surface area contributed by atoms with Crippen LogP contribution < -0.4 is 5.32 Å². The summed E-state index contributed by atoms with van der Waals surface area (Å²) in [7, 11) is 0. The molecule has 0 radical (unpaired) electrons. The summed E-state index contributed by atoms with van der Waals surface area (Å²) < 4.78 is 0. The normalized spacial score (nSPS) is 23.3. The van der Waals surface area contributed by atoms with E-state index in [1.165, 1.54) is 43.4 Å². The van der Waals surface area contributed by atoms with Crippen molar-refractivity contribution in [3.05, 3.63) is 29.8 Å². The third-order valence-electron chi connectivity index (χ3n) is 4.28.